The Labute approximate surface area is 108 Å². The summed E-state index contributed by atoms with van der Waals surface area (Å²) < 4.78 is 0. The van der Waals surface area contributed by atoms with Crippen LogP contribution in [0.25, 0.3) is 0 Å². The molecule has 0 aliphatic carbocycles. The fourth-order valence-corrected chi connectivity index (χ4v) is 2.34. The smallest absolute Gasteiger partial charge is 0.237 e. The van der Waals surface area contributed by atoms with Crippen molar-refractivity contribution in [3.8, 4) is 0 Å². The van der Waals surface area contributed by atoms with E-state index >= 15 is 0 Å². The highest BCUT2D eigenvalue weighted by molar-refractivity contribution is 5.85. The van der Waals surface area contributed by atoms with Gasteiger partial charge in [0.1, 0.15) is 0 Å². The van der Waals surface area contributed by atoms with E-state index in [0.29, 0.717) is 13.0 Å². The van der Waals surface area contributed by atoms with Crippen molar-refractivity contribution in [3.63, 3.8) is 0 Å². The lowest BCUT2D eigenvalue weighted by Gasteiger charge is -2.24. The van der Waals surface area contributed by atoms with Crippen LogP contribution in [-0.4, -0.2) is 48.9 Å². The number of piperidine rings is 1. The molecule has 2 aliphatic heterocycles. The first-order valence-corrected chi connectivity index (χ1v) is 5.94. The number of nitrogens with one attached hydrogen (secondary N) is 2. The van der Waals surface area contributed by atoms with Crippen LogP contribution < -0.4 is 10.6 Å². The van der Waals surface area contributed by atoms with Gasteiger partial charge in [0.2, 0.25) is 11.8 Å². The van der Waals surface area contributed by atoms with Crippen molar-refractivity contribution < 1.29 is 9.59 Å². The minimum Gasteiger partial charge on any atom is -0.350 e. The summed E-state index contributed by atoms with van der Waals surface area (Å²) in [4.78, 5) is 24.8. The van der Waals surface area contributed by atoms with Gasteiger partial charge in [0, 0.05) is 20.0 Å². The van der Waals surface area contributed by atoms with Gasteiger partial charge >= 0.3 is 0 Å². The molecular formula is C11H20ClN3O2. The Bertz CT molecular complexity index is 292. The quantitative estimate of drug-likeness (QED) is 0.730. The monoisotopic (exact) mass is 261 g/mol. The van der Waals surface area contributed by atoms with Crippen molar-refractivity contribution in [1.82, 2.24) is 15.5 Å². The first-order valence-electron chi connectivity index (χ1n) is 5.94. The van der Waals surface area contributed by atoms with Crippen molar-refractivity contribution in [1.29, 1.82) is 0 Å². The highest BCUT2D eigenvalue weighted by Gasteiger charge is 2.30. The zero-order valence-electron chi connectivity index (χ0n) is 10.1. The molecule has 2 amide bonds. The van der Waals surface area contributed by atoms with Crippen LogP contribution in [0.4, 0.5) is 0 Å². The number of halogens is 1. The Morgan fingerprint density at radius 3 is 2.76 bits per heavy atom. The minimum atomic E-state index is -0.0604. The van der Waals surface area contributed by atoms with Crippen molar-refractivity contribution in [3.05, 3.63) is 0 Å². The molecular weight excluding hydrogens is 242 g/mol. The summed E-state index contributed by atoms with van der Waals surface area (Å²) >= 11 is 0. The Morgan fingerprint density at radius 1 is 1.47 bits per heavy atom. The predicted octanol–water partition coefficient (Wildman–Crippen LogP) is -0.103. The second kappa shape index (κ2) is 6.21. The Balaban J connectivity index is 0.00000144. The standard InChI is InChI=1S/C11H19N3O2.ClH/c1-14-7-8(6-10(14)15)13-11(16)9-4-2-3-5-12-9;/h8-9,12H,2-7H2,1H3,(H,13,16);1H. The molecule has 2 saturated heterocycles. The highest BCUT2D eigenvalue weighted by atomic mass is 35.5. The van der Waals surface area contributed by atoms with Gasteiger partial charge in [-0.15, -0.1) is 12.4 Å². The number of nitrogens with zero attached hydrogens (tertiary/aromatic N) is 1. The number of amides is 2. The molecule has 2 unspecified atom stereocenters. The molecule has 0 spiro atoms. The number of carbonyl (C=O) groups excluding carboxylic acids is 2. The van der Waals surface area contributed by atoms with E-state index in [1.807, 2.05) is 0 Å². The summed E-state index contributed by atoms with van der Waals surface area (Å²) in [5.74, 6) is 0.162. The fraction of sp³-hybridized carbons (Fsp3) is 0.818. The van der Waals surface area contributed by atoms with E-state index in [9.17, 15) is 9.59 Å². The summed E-state index contributed by atoms with van der Waals surface area (Å²) in [5, 5.41) is 6.15. The molecule has 98 valence electrons. The number of likely N-dealkylation sites (N-methyl/N-ethyl adjacent to an activating group) is 1. The molecule has 0 saturated carbocycles. The zero-order valence-corrected chi connectivity index (χ0v) is 10.9. The van der Waals surface area contributed by atoms with Crippen LogP contribution in [0, 0.1) is 0 Å². The van der Waals surface area contributed by atoms with Crippen LogP contribution in [0.2, 0.25) is 0 Å². The SMILES string of the molecule is CN1CC(NC(=O)C2CCCCN2)CC1=O.Cl. The van der Waals surface area contributed by atoms with E-state index in [0.717, 1.165) is 25.8 Å². The topological polar surface area (TPSA) is 61.4 Å². The second-order valence-electron chi connectivity index (χ2n) is 4.69. The molecule has 2 N–H and O–H groups in total. The number of likely N-dealkylation sites (tertiary alicyclic amines) is 1. The van der Waals surface area contributed by atoms with E-state index in [-0.39, 0.29) is 36.3 Å². The summed E-state index contributed by atoms with van der Waals surface area (Å²) in [6.45, 7) is 1.55. The number of carbonyl (C=O) groups is 2. The molecule has 0 bridgehead atoms. The Kier molecular flexibility index (Phi) is 5.21. The third-order valence-corrected chi connectivity index (χ3v) is 3.31. The van der Waals surface area contributed by atoms with E-state index in [1.165, 1.54) is 0 Å². The van der Waals surface area contributed by atoms with Gasteiger partial charge in [0.25, 0.3) is 0 Å². The van der Waals surface area contributed by atoms with Crippen molar-refractivity contribution in [2.24, 2.45) is 0 Å². The highest BCUT2D eigenvalue weighted by Crippen LogP contribution is 2.11. The van der Waals surface area contributed by atoms with Gasteiger partial charge < -0.3 is 15.5 Å². The third kappa shape index (κ3) is 3.57. The van der Waals surface area contributed by atoms with Gasteiger partial charge in [-0.25, -0.2) is 0 Å². The van der Waals surface area contributed by atoms with Gasteiger partial charge in [0.05, 0.1) is 12.1 Å². The summed E-state index contributed by atoms with van der Waals surface area (Å²) in [6.07, 6.45) is 3.60. The molecule has 0 aromatic carbocycles. The zero-order chi connectivity index (χ0) is 11.5. The Hall–Kier alpha value is -0.810. The average Bonchev–Trinajstić information content (AvgIpc) is 2.59. The lowest BCUT2D eigenvalue weighted by molar-refractivity contribution is -0.126. The van der Waals surface area contributed by atoms with E-state index < -0.39 is 0 Å². The number of hydrogen-bond donors (Lipinski definition) is 2. The van der Waals surface area contributed by atoms with Crippen molar-refractivity contribution in [2.75, 3.05) is 20.1 Å². The van der Waals surface area contributed by atoms with Crippen LogP contribution in [0.1, 0.15) is 25.7 Å². The van der Waals surface area contributed by atoms with Gasteiger partial charge in [0.15, 0.2) is 0 Å². The van der Waals surface area contributed by atoms with E-state index in [4.69, 9.17) is 0 Å². The van der Waals surface area contributed by atoms with E-state index in [1.54, 1.807) is 11.9 Å². The first-order chi connectivity index (χ1) is 7.66. The van der Waals surface area contributed by atoms with E-state index in [2.05, 4.69) is 10.6 Å². The summed E-state index contributed by atoms with van der Waals surface area (Å²) in [5.41, 5.74) is 0. The first kappa shape index (κ1) is 14.3. The molecule has 0 aromatic heterocycles. The van der Waals surface area contributed by atoms with Gasteiger partial charge in [-0.05, 0) is 19.4 Å². The molecule has 2 fully saturated rings. The number of hydrogen-bond acceptors (Lipinski definition) is 3. The molecule has 2 rings (SSSR count). The fourth-order valence-electron chi connectivity index (χ4n) is 2.34. The molecule has 2 atom stereocenters. The molecule has 5 nitrogen and oxygen atoms in total. The lowest BCUT2D eigenvalue weighted by atomic mass is 10.0. The Morgan fingerprint density at radius 2 is 2.24 bits per heavy atom. The maximum atomic E-state index is 11.9. The van der Waals surface area contributed by atoms with Crippen LogP contribution in [-0.2, 0) is 9.59 Å². The summed E-state index contributed by atoms with van der Waals surface area (Å²) in [6, 6.07) is -0.0662. The van der Waals surface area contributed by atoms with Crippen molar-refractivity contribution in [2.45, 2.75) is 37.8 Å². The van der Waals surface area contributed by atoms with Crippen LogP contribution in [0.3, 0.4) is 0 Å². The normalized spacial score (nSPS) is 28.8. The van der Waals surface area contributed by atoms with Crippen LogP contribution in [0.15, 0.2) is 0 Å². The largest absolute Gasteiger partial charge is 0.350 e. The second-order valence-corrected chi connectivity index (χ2v) is 4.69. The molecule has 6 heteroatoms. The van der Waals surface area contributed by atoms with Gasteiger partial charge in [-0.2, -0.15) is 0 Å². The molecule has 0 aromatic rings. The average molecular weight is 262 g/mol. The molecule has 17 heavy (non-hydrogen) atoms. The number of rotatable bonds is 2. The molecule has 2 heterocycles. The minimum absolute atomic E-state index is 0. The van der Waals surface area contributed by atoms with Crippen LogP contribution >= 0.6 is 12.4 Å². The maximum absolute atomic E-state index is 11.9. The molecule has 0 radical (unpaired) electrons. The molecule has 2 aliphatic rings. The third-order valence-electron chi connectivity index (χ3n) is 3.31. The maximum Gasteiger partial charge on any atom is 0.237 e. The van der Waals surface area contributed by atoms with Gasteiger partial charge in [-0.1, -0.05) is 6.42 Å². The van der Waals surface area contributed by atoms with Crippen molar-refractivity contribution >= 4 is 24.2 Å². The summed E-state index contributed by atoms with van der Waals surface area (Å²) in [7, 11) is 1.77. The predicted molar refractivity (Wildman–Crippen MR) is 67.1 cm³/mol. The van der Waals surface area contributed by atoms with Gasteiger partial charge in [-0.3, -0.25) is 9.59 Å². The lowest BCUT2D eigenvalue weighted by Crippen LogP contribution is -2.50. The van der Waals surface area contributed by atoms with Crippen LogP contribution in [0.5, 0.6) is 0 Å².